The van der Waals surface area contributed by atoms with Gasteiger partial charge in [0.25, 0.3) is 0 Å². The molecule has 3 aromatic rings. The highest BCUT2D eigenvalue weighted by Gasteiger charge is 2.13. The average Bonchev–Trinajstić information content (AvgIpc) is 3.15. The summed E-state index contributed by atoms with van der Waals surface area (Å²) in [6.45, 7) is 0.136. The number of carbonyl (C=O) groups excluding carboxylic acids is 1. The Bertz CT molecular complexity index is 961. The lowest BCUT2D eigenvalue weighted by Gasteiger charge is -2.06. The van der Waals surface area contributed by atoms with Crippen molar-refractivity contribution in [2.24, 2.45) is 0 Å². The van der Waals surface area contributed by atoms with Crippen LogP contribution in [-0.4, -0.2) is 33.0 Å². The van der Waals surface area contributed by atoms with E-state index in [0.717, 1.165) is 5.56 Å². The van der Waals surface area contributed by atoms with Crippen molar-refractivity contribution >= 4 is 17.8 Å². The van der Waals surface area contributed by atoms with Gasteiger partial charge in [0.1, 0.15) is 11.4 Å². The van der Waals surface area contributed by atoms with Crippen LogP contribution in [0, 0.1) is 0 Å². The maximum Gasteiger partial charge on any atom is 0.341 e. The standard InChI is InChI=1S/C21H18N2O4/c24-20(25)15-27-17-8-3-6-16(14-17)7-4-12-23-13-5-10-19(23)21(26)18-9-1-2-11-22-18/h1-11,13-14H,12,15H2,(H,24,25)/b7-4+. The number of ketones is 1. The molecule has 0 saturated heterocycles. The topological polar surface area (TPSA) is 81.4 Å². The molecule has 1 N–H and O–H groups in total. The zero-order valence-electron chi connectivity index (χ0n) is 14.5. The van der Waals surface area contributed by atoms with Crippen LogP contribution in [0.4, 0.5) is 0 Å². The molecule has 0 fully saturated rings. The first kappa shape index (κ1) is 18.1. The summed E-state index contributed by atoms with van der Waals surface area (Å²) in [5.74, 6) is -0.654. The van der Waals surface area contributed by atoms with Crippen LogP contribution < -0.4 is 4.74 Å². The smallest absolute Gasteiger partial charge is 0.341 e. The molecule has 27 heavy (non-hydrogen) atoms. The van der Waals surface area contributed by atoms with Crippen molar-refractivity contribution in [3.63, 3.8) is 0 Å². The molecule has 3 rings (SSSR count). The van der Waals surface area contributed by atoms with Gasteiger partial charge in [0.05, 0.1) is 5.69 Å². The van der Waals surface area contributed by atoms with Gasteiger partial charge in [0.15, 0.2) is 6.61 Å². The summed E-state index contributed by atoms with van der Waals surface area (Å²) < 4.78 is 7.02. The van der Waals surface area contributed by atoms with E-state index in [2.05, 4.69) is 4.98 Å². The fraction of sp³-hybridized carbons (Fsp3) is 0.0952. The third-order valence-electron chi connectivity index (χ3n) is 3.79. The number of ether oxygens (including phenoxy) is 1. The number of nitrogens with zero attached hydrogens (tertiary/aromatic N) is 2. The number of benzene rings is 1. The Labute approximate surface area is 156 Å². The zero-order chi connectivity index (χ0) is 19.1. The molecule has 0 aliphatic heterocycles. The molecule has 2 aromatic heterocycles. The first-order chi connectivity index (χ1) is 13.1. The van der Waals surface area contributed by atoms with E-state index in [-0.39, 0.29) is 12.4 Å². The van der Waals surface area contributed by atoms with Gasteiger partial charge in [-0.15, -0.1) is 0 Å². The van der Waals surface area contributed by atoms with E-state index in [4.69, 9.17) is 9.84 Å². The van der Waals surface area contributed by atoms with E-state index in [9.17, 15) is 9.59 Å². The van der Waals surface area contributed by atoms with Crippen LogP contribution in [-0.2, 0) is 11.3 Å². The van der Waals surface area contributed by atoms with E-state index in [1.54, 1.807) is 48.7 Å². The molecule has 0 spiro atoms. The minimum Gasteiger partial charge on any atom is -0.482 e. The van der Waals surface area contributed by atoms with Crippen LogP contribution >= 0.6 is 0 Å². The molecular weight excluding hydrogens is 344 g/mol. The molecule has 1 aromatic carbocycles. The number of rotatable bonds is 8. The summed E-state index contributed by atoms with van der Waals surface area (Å²) in [7, 11) is 0. The first-order valence-electron chi connectivity index (χ1n) is 8.35. The molecule has 0 aliphatic carbocycles. The molecule has 0 bridgehead atoms. The SMILES string of the molecule is O=C(O)COc1cccc(/C=C/Cn2cccc2C(=O)c2ccccn2)c1. The zero-order valence-corrected chi connectivity index (χ0v) is 14.5. The molecule has 2 heterocycles. The Morgan fingerprint density at radius 1 is 1.11 bits per heavy atom. The van der Waals surface area contributed by atoms with Crippen LogP contribution in [0.2, 0.25) is 0 Å². The quantitative estimate of drug-likeness (QED) is 0.622. The highest BCUT2D eigenvalue weighted by atomic mass is 16.5. The monoisotopic (exact) mass is 362 g/mol. The Kier molecular flexibility index (Phi) is 5.79. The van der Waals surface area contributed by atoms with E-state index in [1.165, 1.54) is 0 Å². The molecule has 0 unspecified atom stereocenters. The van der Waals surface area contributed by atoms with Crippen molar-refractivity contribution < 1.29 is 19.4 Å². The maximum atomic E-state index is 12.6. The van der Waals surface area contributed by atoms with Crippen molar-refractivity contribution in [3.8, 4) is 5.75 Å². The lowest BCUT2D eigenvalue weighted by molar-refractivity contribution is -0.139. The van der Waals surface area contributed by atoms with E-state index in [1.807, 2.05) is 35.0 Å². The normalized spacial score (nSPS) is 10.8. The van der Waals surface area contributed by atoms with Gasteiger partial charge < -0.3 is 14.4 Å². The fourth-order valence-corrected chi connectivity index (χ4v) is 2.56. The number of hydrogen-bond acceptors (Lipinski definition) is 4. The number of carboxylic acids is 1. The van der Waals surface area contributed by atoms with Gasteiger partial charge >= 0.3 is 5.97 Å². The molecule has 6 heteroatoms. The van der Waals surface area contributed by atoms with Gasteiger partial charge in [-0.25, -0.2) is 4.79 Å². The maximum absolute atomic E-state index is 12.6. The number of carbonyl (C=O) groups is 2. The second-order valence-electron chi connectivity index (χ2n) is 5.75. The fourth-order valence-electron chi connectivity index (χ4n) is 2.56. The predicted molar refractivity (Wildman–Crippen MR) is 101 cm³/mol. The lowest BCUT2D eigenvalue weighted by Crippen LogP contribution is -2.10. The van der Waals surface area contributed by atoms with Crippen molar-refractivity contribution in [3.05, 3.63) is 90.0 Å². The number of pyridine rings is 1. The van der Waals surface area contributed by atoms with Crippen LogP contribution in [0.25, 0.3) is 6.08 Å². The van der Waals surface area contributed by atoms with Crippen molar-refractivity contribution in [2.75, 3.05) is 6.61 Å². The van der Waals surface area contributed by atoms with E-state index < -0.39 is 5.97 Å². The largest absolute Gasteiger partial charge is 0.482 e. The Balaban J connectivity index is 1.68. The Hall–Kier alpha value is -3.67. The molecule has 0 amide bonds. The van der Waals surface area contributed by atoms with Crippen LogP contribution in [0.5, 0.6) is 5.75 Å². The Morgan fingerprint density at radius 3 is 2.78 bits per heavy atom. The number of hydrogen-bond donors (Lipinski definition) is 1. The molecule has 0 atom stereocenters. The van der Waals surface area contributed by atoms with E-state index >= 15 is 0 Å². The second kappa shape index (κ2) is 8.62. The number of allylic oxidation sites excluding steroid dienone is 1. The summed E-state index contributed by atoms with van der Waals surface area (Å²) in [5.41, 5.74) is 1.85. The number of aliphatic carboxylic acids is 1. The van der Waals surface area contributed by atoms with Crippen molar-refractivity contribution in [1.82, 2.24) is 9.55 Å². The van der Waals surface area contributed by atoms with Gasteiger partial charge in [0.2, 0.25) is 5.78 Å². The number of carboxylic acid groups (broad SMARTS) is 1. The Morgan fingerprint density at radius 2 is 2.00 bits per heavy atom. The molecule has 0 saturated carbocycles. The minimum absolute atomic E-state index is 0.127. The third-order valence-corrected chi connectivity index (χ3v) is 3.79. The van der Waals surface area contributed by atoms with Crippen LogP contribution in [0.1, 0.15) is 21.7 Å². The summed E-state index contributed by atoms with van der Waals surface area (Å²) in [6, 6.07) is 16.0. The third kappa shape index (κ3) is 4.92. The second-order valence-corrected chi connectivity index (χ2v) is 5.75. The van der Waals surface area contributed by atoms with Crippen LogP contribution in [0.3, 0.4) is 0 Å². The minimum atomic E-state index is -1.02. The molecule has 136 valence electrons. The van der Waals surface area contributed by atoms with Crippen molar-refractivity contribution in [1.29, 1.82) is 0 Å². The molecular formula is C21H18N2O4. The summed E-state index contributed by atoms with van der Waals surface area (Å²) in [5, 5.41) is 8.67. The summed E-state index contributed by atoms with van der Waals surface area (Å²) >= 11 is 0. The lowest BCUT2D eigenvalue weighted by atomic mass is 10.2. The summed E-state index contributed by atoms with van der Waals surface area (Å²) in [6.07, 6.45) is 7.25. The molecule has 0 radical (unpaired) electrons. The molecule has 6 nitrogen and oxygen atoms in total. The van der Waals surface area contributed by atoms with Gasteiger partial charge in [-0.2, -0.15) is 0 Å². The first-order valence-corrected chi connectivity index (χ1v) is 8.35. The van der Waals surface area contributed by atoms with E-state index in [0.29, 0.717) is 23.7 Å². The van der Waals surface area contributed by atoms with Gasteiger partial charge in [-0.1, -0.05) is 30.4 Å². The highest BCUT2D eigenvalue weighted by molar-refractivity contribution is 6.06. The highest BCUT2D eigenvalue weighted by Crippen LogP contribution is 2.15. The van der Waals surface area contributed by atoms with Gasteiger partial charge in [-0.05, 0) is 42.0 Å². The summed E-state index contributed by atoms with van der Waals surface area (Å²) in [4.78, 5) is 27.2. The van der Waals surface area contributed by atoms with Crippen molar-refractivity contribution in [2.45, 2.75) is 6.54 Å². The van der Waals surface area contributed by atoms with Gasteiger partial charge in [0, 0.05) is 18.9 Å². The molecule has 0 aliphatic rings. The predicted octanol–water partition coefficient (Wildman–Crippen LogP) is 3.29. The van der Waals surface area contributed by atoms with Crippen LogP contribution in [0.15, 0.2) is 73.1 Å². The number of aromatic nitrogens is 2. The average molecular weight is 362 g/mol. The van der Waals surface area contributed by atoms with Gasteiger partial charge in [-0.3, -0.25) is 9.78 Å².